The van der Waals surface area contributed by atoms with Crippen LogP contribution in [-0.4, -0.2) is 34.1 Å². The summed E-state index contributed by atoms with van der Waals surface area (Å²) in [6.45, 7) is 4.48. The molecule has 0 saturated heterocycles. The molecule has 1 fully saturated rings. The summed E-state index contributed by atoms with van der Waals surface area (Å²) in [7, 11) is 2.69. The van der Waals surface area contributed by atoms with Gasteiger partial charge in [0.25, 0.3) is 0 Å². The maximum absolute atomic E-state index is 12.2. The first-order valence-electron chi connectivity index (χ1n) is 11.7. The number of aliphatic hydroxyl groups is 1. The third-order valence-corrected chi connectivity index (χ3v) is 8.82. The molecule has 1 aliphatic rings. The van der Waals surface area contributed by atoms with E-state index in [1.165, 1.54) is 43.8 Å². The van der Waals surface area contributed by atoms with Crippen molar-refractivity contribution in [2.24, 2.45) is 5.41 Å². The van der Waals surface area contributed by atoms with Crippen molar-refractivity contribution in [1.29, 1.82) is 0 Å². The van der Waals surface area contributed by atoms with Gasteiger partial charge in [-0.1, -0.05) is 38.1 Å². The van der Waals surface area contributed by atoms with E-state index in [4.69, 9.17) is 9.47 Å². The summed E-state index contributed by atoms with van der Waals surface area (Å²) in [6.07, 6.45) is 3.43. The van der Waals surface area contributed by atoms with Crippen LogP contribution >= 0.6 is 11.3 Å². The predicted octanol–water partition coefficient (Wildman–Crippen LogP) is 5.93. The van der Waals surface area contributed by atoms with Crippen molar-refractivity contribution in [2.75, 3.05) is 18.5 Å². The number of hydrogen-bond donors (Lipinski definition) is 1. The molecule has 3 aromatic rings. The van der Waals surface area contributed by atoms with Crippen LogP contribution in [0.2, 0.25) is 0 Å². The summed E-state index contributed by atoms with van der Waals surface area (Å²) in [6, 6.07) is 15.9. The Kier molecular flexibility index (Phi) is 7.56. The van der Waals surface area contributed by atoms with Crippen molar-refractivity contribution in [3.05, 3.63) is 65.7 Å². The number of ether oxygens (including phenoxy) is 2. The van der Waals surface area contributed by atoms with Crippen LogP contribution in [0.1, 0.15) is 55.5 Å². The van der Waals surface area contributed by atoms with Crippen LogP contribution in [0.5, 0.6) is 5.75 Å². The minimum absolute atomic E-state index is 0.227. The number of anilines is 2. The van der Waals surface area contributed by atoms with Crippen LogP contribution < -0.4 is 9.04 Å². The van der Waals surface area contributed by atoms with Crippen LogP contribution in [0.3, 0.4) is 0 Å². The van der Waals surface area contributed by atoms with Gasteiger partial charge in [-0.15, -0.1) is 11.3 Å². The van der Waals surface area contributed by atoms with E-state index in [1.807, 2.05) is 30.3 Å². The van der Waals surface area contributed by atoms with Crippen molar-refractivity contribution in [2.45, 2.75) is 45.1 Å². The fourth-order valence-electron chi connectivity index (χ4n) is 4.53. The Morgan fingerprint density at radius 1 is 1.03 bits per heavy atom. The van der Waals surface area contributed by atoms with E-state index in [2.05, 4.69) is 13.8 Å². The van der Waals surface area contributed by atoms with Crippen molar-refractivity contribution in [3.8, 4) is 16.2 Å². The fourth-order valence-corrected chi connectivity index (χ4v) is 6.27. The molecule has 0 amide bonds. The SMILES string of the molecule is COC(=O)c1ccc(N(c2ccc(-c3ccc(C4(O)CCC(C)(C)CC4)cc3)s2)S(=O)[O-])c(OC)c1. The predicted molar refractivity (Wildman–Crippen MR) is 141 cm³/mol. The molecule has 1 N–H and O–H groups in total. The van der Waals surface area contributed by atoms with Gasteiger partial charge in [0.1, 0.15) is 10.8 Å². The number of rotatable bonds is 7. The molecule has 192 valence electrons. The summed E-state index contributed by atoms with van der Waals surface area (Å²) < 4.78 is 35.7. The molecule has 1 heterocycles. The van der Waals surface area contributed by atoms with E-state index in [9.17, 15) is 18.7 Å². The van der Waals surface area contributed by atoms with Gasteiger partial charge in [-0.25, -0.2) is 4.79 Å². The fraction of sp³-hybridized carbons (Fsp3) is 0.370. The average molecular weight is 529 g/mol. The number of hydrogen-bond acceptors (Lipinski definition) is 7. The number of carbonyl (C=O) groups is 1. The van der Waals surface area contributed by atoms with Crippen molar-refractivity contribution >= 4 is 39.3 Å². The maximum atomic E-state index is 12.2. The van der Waals surface area contributed by atoms with E-state index in [0.29, 0.717) is 5.00 Å². The molecular weight excluding hydrogens is 498 g/mol. The molecule has 36 heavy (non-hydrogen) atoms. The number of nitrogens with zero attached hydrogens (tertiary/aromatic N) is 1. The Hall–Kier alpha value is -2.72. The largest absolute Gasteiger partial charge is 0.755 e. The second-order valence-electron chi connectivity index (χ2n) is 9.80. The highest BCUT2D eigenvalue weighted by molar-refractivity contribution is 7.81. The molecule has 2 aromatic carbocycles. The molecule has 0 bridgehead atoms. The molecule has 1 saturated carbocycles. The van der Waals surface area contributed by atoms with Gasteiger partial charge in [-0.05, 0) is 72.6 Å². The lowest BCUT2D eigenvalue weighted by Gasteiger charge is -2.40. The number of esters is 1. The highest BCUT2D eigenvalue weighted by Gasteiger charge is 2.37. The zero-order chi connectivity index (χ0) is 26.1. The highest BCUT2D eigenvalue weighted by Crippen LogP contribution is 2.46. The van der Waals surface area contributed by atoms with Gasteiger partial charge in [0.15, 0.2) is 0 Å². The van der Waals surface area contributed by atoms with Crippen LogP contribution in [0, 0.1) is 5.41 Å². The molecule has 0 spiro atoms. The monoisotopic (exact) mass is 528 g/mol. The van der Waals surface area contributed by atoms with Gasteiger partial charge in [0.2, 0.25) is 0 Å². The molecule has 0 radical (unpaired) electrons. The van der Waals surface area contributed by atoms with Crippen molar-refractivity contribution < 1.29 is 28.1 Å². The minimum Gasteiger partial charge on any atom is -0.755 e. The topological polar surface area (TPSA) is 99.1 Å². The van der Waals surface area contributed by atoms with E-state index < -0.39 is 22.8 Å². The van der Waals surface area contributed by atoms with Crippen molar-refractivity contribution in [3.63, 3.8) is 0 Å². The van der Waals surface area contributed by atoms with Crippen LogP contribution in [0.4, 0.5) is 10.7 Å². The second-order valence-corrected chi connectivity index (χ2v) is 11.7. The first kappa shape index (κ1) is 26.3. The Labute approximate surface area is 218 Å². The van der Waals surface area contributed by atoms with Crippen LogP contribution in [0.25, 0.3) is 10.4 Å². The Balaban J connectivity index is 1.60. The molecule has 1 atom stereocenters. The highest BCUT2D eigenvalue weighted by atomic mass is 32.2. The Bertz CT molecular complexity index is 1260. The second kappa shape index (κ2) is 10.3. The first-order chi connectivity index (χ1) is 17.1. The summed E-state index contributed by atoms with van der Waals surface area (Å²) in [5.41, 5.74) is 1.83. The summed E-state index contributed by atoms with van der Waals surface area (Å²) in [4.78, 5) is 12.8. The van der Waals surface area contributed by atoms with Gasteiger partial charge in [0.05, 0.1) is 42.3 Å². The molecule has 7 nitrogen and oxygen atoms in total. The number of methoxy groups -OCH3 is 2. The van der Waals surface area contributed by atoms with Gasteiger partial charge in [-0.2, -0.15) is 0 Å². The van der Waals surface area contributed by atoms with E-state index in [-0.39, 0.29) is 22.4 Å². The van der Waals surface area contributed by atoms with Crippen LogP contribution in [0.15, 0.2) is 54.6 Å². The van der Waals surface area contributed by atoms with E-state index >= 15 is 0 Å². The normalized spacial score (nSPS) is 17.3. The van der Waals surface area contributed by atoms with E-state index in [0.717, 1.165) is 46.0 Å². The quantitative estimate of drug-likeness (QED) is 0.301. The zero-order valence-corrected chi connectivity index (χ0v) is 22.4. The smallest absolute Gasteiger partial charge is 0.337 e. The molecule has 1 aliphatic carbocycles. The lowest BCUT2D eigenvalue weighted by molar-refractivity contribution is -0.0305. The molecule has 1 unspecified atom stereocenters. The Morgan fingerprint density at radius 3 is 2.28 bits per heavy atom. The molecule has 9 heteroatoms. The molecule has 1 aromatic heterocycles. The van der Waals surface area contributed by atoms with Crippen LogP contribution in [-0.2, 0) is 21.6 Å². The minimum atomic E-state index is -2.63. The van der Waals surface area contributed by atoms with E-state index in [1.54, 1.807) is 6.07 Å². The zero-order valence-electron chi connectivity index (χ0n) is 20.8. The lowest BCUT2D eigenvalue weighted by atomic mass is 9.69. The maximum Gasteiger partial charge on any atom is 0.337 e. The third kappa shape index (κ3) is 5.34. The lowest BCUT2D eigenvalue weighted by Crippen LogP contribution is -2.34. The number of carbonyl (C=O) groups excluding carboxylic acids is 1. The molecule has 0 aliphatic heterocycles. The molecular formula is C27H30NO6S2-. The number of thiophene rings is 1. The third-order valence-electron chi connectivity index (χ3n) is 6.90. The van der Waals surface area contributed by atoms with Gasteiger partial charge < -0.3 is 19.1 Å². The molecule has 4 rings (SSSR count). The summed E-state index contributed by atoms with van der Waals surface area (Å²) in [5.74, 6) is -0.316. The van der Waals surface area contributed by atoms with Crippen molar-refractivity contribution in [1.82, 2.24) is 0 Å². The Morgan fingerprint density at radius 2 is 1.69 bits per heavy atom. The average Bonchev–Trinajstić information content (AvgIpc) is 3.35. The van der Waals surface area contributed by atoms with Gasteiger partial charge >= 0.3 is 5.97 Å². The van der Waals surface area contributed by atoms with Gasteiger partial charge in [-0.3, -0.25) is 8.51 Å². The van der Waals surface area contributed by atoms with Gasteiger partial charge in [0, 0.05) is 4.88 Å². The number of benzene rings is 2. The summed E-state index contributed by atoms with van der Waals surface area (Å²) >= 11 is -1.32. The first-order valence-corrected chi connectivity index (χ1v) is 13.5. The standard InChI is InChI=1S/C27H31NO6S2/c1-26(2)13-15-27(30,16-14-26)20-8-5-18(6-9-20)23-11-12-24(35-23)28(36(31)32)21-10-7-19(25(29)34-4)17-22(21)33-3/h5-12,17,30H,13-16H2,1-4H3,(H,31,32)/p-1. The summed E-state index contributed by atoms with van der Waals surface area (Å²) in [5, 5.41) is 11.7.